The van der Waals surface area contributed by atoms with Crippen LogP contribution in [0.5, 0.6) is 5.75 Å². The first kappa shape index (κ1) is 21.8. The standard InChI is InChI=1S/C21H23ClN4O4S/c1-2-29-19-9-4-3-8-18(19)21-23-20(30-24-21)15-25-10-12-26(13-11-25)31(27,28)17-7-5-6-16(22)14-17/h3-9,14H,2,10-13,15H2,1H3. The average Bonchev–Trinajstić information content (AvgIpc) is 3.23. The normalized spacial score (nSPS) is 15.8. The highest BCUT2D eigenvalue weighted by atomic mass is 35.5. The van der Waals surface area contributed by atoms with E-state index in [4.69, 9.17) is 20.9 Å². The summed E-state index contributed by atoms with van der Waals surface area (Å²) in [6.45, 7) is 4.80. The maximum atomic E-state index is 12.8. The van der Waals surface area contributed by atoms with Crippen LogP contribution in [0.1, 0.15) is 12.8 Å². The number of halogens is 1. The number of ether oxygens (including phenoxy) is 1. The molecule has 31 heavy (non-hydrogen) atoms. The van der Waals surface area contributed by atoms with E-state index in [0.29, 0.717) is 61.8 Å². The van der Waals surface area contributed by atoms with Crippen LogP contribution < -0.4 is 4.74 Å². The van der Waals surface area contributed by atoms with Gasteiger partial charge in [-0.2, -0.15) is 9.29 Å². The third-order valence-corrected chi connectivity index (χ3v) is 7.15. The fourth-order valence-electron chi connectivity index (χ4n) is 3.46. The number of para-hydroxylation sites is 1. The Balaban J connectivity index is 1.39. The number of aromatic nitrogens is 2. The molecule has 164 valence electrons. The molecule has 10 heteroatoms. The van der Waals surface area contributed by atoms with E-state index in [0.717, 1.165) is 5.56 Å². The molecule has 8 nitrogen and oxygen atoms in total. The number of benzene rings is 2. The lowest BCUT2D eigenvalue weighted by Crippen LogP contribution is -2.48. The summed E-state index contributed by atoms with van der Waals surface area (Å²) in [5.74, 6) is 1.66. The van der Waals surface area contributed by atoms with Gasteiger partial charge in [0, 0.05) is 31.2 Å². The minimum atomic E-state index is -3.57. The van der Waals surface area contributed by atoms with E-state index >= 15 is 0 Å². The van der Waals surface area contributed by atoms with Crippen molar-refractivity contribution in [3.63, 3.8) is 0 Å². The van der Waals surface area contributed by atoms with Crippen molar-refractivity contribution in [3.05, 3.63) is 59.4 Å². The van der Waals surface area contributed by atoms with E-state index in [1.807, 2.05) is 31.2 Å². The summed E-state index contributed by atoms with van der Waals surface area (Å²) in [6.07, 6.45) is 0. The maximum absolute atomic E-state index is 12.8. The van der Waals surface area contributed by atoms with Crippen molar-refractivity contribution < 1.29 is 17.7 Å². The molecular weight excluding hydrogens is 440 g/mol. The van der Waals surface area contributed by atoms with E-state index in [2.05, 4.69) is 15.0 Å². The van der Waals surface area contributed by atoms with Gasteiger partial charge in [0.2, 0.25) is 21.7 Å². The van der Waals surface area contributed by atoms with Crippen LogP contribution in [0.25, 0.3) is 11.4 Å². The molecule has 0 radical (unpaired) electrons. The molecule has 1 aliphatic heterocycles. The molecule has 0 atom stereocenters. The summed E-state index contributed by atoms with van der Waals surface area (Å²) in [7, 11) is -3.57. The zero-order valence-electron chi connectivity index (χ0n) is 17.1. The zero-order chi connectivity index (χ0) is 21.8. The highest BCUT2D eigenvalue weighted by molar-refractivity contribution is 7.89. The van der Waals surface area contributed by atoms with Crippen molar-refractivity contribution >= 4 is 21.6 Å². The lowest BCUT2D eigenvalue weighted by Gasteiger charge is -2.33. The second-order valence-corrected chi connectivity index (χ2v) is 9.45. The summed E-state index contributed by atoms with van der Waals surface area (Å²) in [4.78, 5) is 6.80. The van der Waals surface area contributed by atoms with Crippen LogP contribution >= 0.6 is 11.6 Å². The summed E-state index contributed by atoms with van der Waals surface area (Å²) in [5, 5.41) is 4.49. The molecule has 0 spiro atoms. The minimum absolute atomic E-state index is 0.211. The predicted octanol–water partition coefficient (Wildman–Crippen LogP) is 3.30. The molecule has 0 saturated carbocycles. The molecule has 0 aliphatic carbocycles. The Hall–Kier alpha value is -2.46. The smallest absolute Gasteiger partial charge is 0.243 e. The molecular formula is C21H23ClN4O4S. The van der Waals surface area contributed by atoms with Crippen LogP contribution in [0.2, 0.25) is 5.02 Å². The van der Waals surface area contributed by atoms with Crippen LogP contribution in [0, 0.1) is 0 Å². The first-order valence-corrected chi connectivity index (χ1v) is 11.8. The van der Waals surface area contributed by atoms with Gasteiger partial charge in [-0.1, -0.05) is 35.0 Å². The number of hydrogen-bond donors (Lipinski definition) is 0. The molecule has 1 saturated heterocycles. The molecule has 1 fully saturated rings. The van der Waals surface area contributed by atoms with Gasteiger partial charge < -0.3 is 9.26 Å². The Labute approximate surface area is 186 Å². The largest absolute Gasteiger partial charge is 0.493 e. The van der Waals surface area contributed by atoms with Crippen molar-refractivity contribution in [2.75, 3.05) is 32.8 Å². The highest BCUT2D eigenvalue weighted by Gasteiger charge is 2.29. The van der Waals surface area contributed by atoms with Gasteiger partial charge in [0.25, 0.3) is 0 Å². The molecule has 3 aromatic rings. The number of sulfonamides is 1. The Kier molecular flexibility index (Phi) is 6.57. The zero-order valence-corrected chi connectivity index (χ0v) is 18.6. The monoisotopic (exact) mass is 462 g/mol. The fourth-order valence-corrected chi connectivity index (χ4v) is 5.18. The van der Waals surface area contributed by atoms with Crippen LogP contribution in [0.4, 0.5) is 0 Å². The molecule has 1 aliphatic rings. The van der Waals surface area contributed by atoms with Gasteiger partial charge in [0.15, 0.2) is 0 Å². The van der Waals surface area contributed by atoms with Gasteiger partial charge in [-0.3, -0.25) is 4.90 Å². The van der Waals surface area contributed by atoms with Crippen molar-refractivity contribution in [1.29, 1.82) is 0 Å². The summed E-state index contributed by atoms with van der Waals surface area (Å²) < 4.78 is 38.2. The molecule has 2 aromatic carbocycles. The first-order chi connectivity index (χ1) is 15.0. The van der Waals surface area contributed by atoms with Crippen LogP contribution in [0.15, 0.2) is 57.9 Å². The molecule has 0 bridgehead atoms. The first-order valence-electron chi connectivity index (χ1n) is 10.00. The van der Waals surface area contributed by atoms with Gasteiger partial charge in [0.1, 0.15) is 5.75 Å². The van der Waals surface area contributed by atoms with Crippen molar-refractivity contribution in [1.82, 2.24) is 19.3 Å². The van der Waals surface area contributed by atoms with E-state index in [1.54, 1.807) is 18.2 Å². The fraction of sp³-hybridized carbons (Fsp3) is 0.333. The van der Waals surface area contributed by atoms with Gasteiger partial charge >= 0.3 is 0 Å². The number of rotatable bonds is 7. The lowest BCUT2D eigenvalue weighted by molar-refractivity contribution is 0.163. The third kappa shape index (κ3) is 4.90. The van der Waals surface area contributed by atoms with Crippen LogP contribution in [-0.2, 0) is 16.6 Å². The Morgan fingerprint density at radius 3 is 2.61 bits per heavy atom. The second kappa shape index (κ2) is 9.35. The number of hydrogen-bond acceptors (Lipinski definition) is 7. The molecule has 0 amide bonds. The van der Waals surface area contributed by atoms with Crippen molar-refractivity contribution in [3.8, 4) is 17.1 Å². The highest BCUT2D eigenvalue weighted by Crippen LogP contribution is 2.28. The molecule has 2 heterocycles. The molecule has 1 aromatic heterocycles. The van der Waals surface area contributed by atoms with Gasteiger partial charge in [-0.15, -0.1) is 0 Å². The van der Waals surface area contributed by atoms with Gasteiger partial charge in [-0.25, -0.2) is 8.42 Å². The maximum Gasteiger partial charge on any atom is 0.243 e. The van der Waals surface area contributed by atoms with Gasteiger partial charge in [0.05, 0.1) is 23.6 Å². The van der Waals surface area contributed by atoms with E-state index < -0.39 is 10.0 Å². The summed E-state index contributed by atoms with van der Waals surface area (Å²) >= 11 is 5.95. The number of piperazine rings is 1. The average molecular weight is 463 g/mol. The lowest BCUT2D eigenvalue weighted by atomic mass is 10.2. The van der Waals surface area contributed by atoms with Crippen LogP contribution in [0.3, 0.4) is 0 Å². The Morgan fingerprint density at radius 2 is 1.87 bits per heavy atom. The van der Waals surface area contributed by atoms with E-state index in [-0.39, 0.29) is 4.90 Å². The summed E-state index contributed by atoms with van der Waals surface area (Å²) in [5.41, 5.74) is 0.775. The Bertz CT molecular complexity index is 1140. The van der Waals surface area contributed by atoms with Crippen molar-refractivity contribution in [2.24, 2.45) is 0 Å². The molecule has 0 unspecified atom stereocenters. The summed E-state index contributed by atoms with van der Waals surface area (Å²) in [6, 6.07) is 13.9. The number of nitrogens with zero attached hydrogens (tertiary/aromatic N) is 4. The molecule has 4 rings (SSSR count). The van der Waals surface area contributed by atoms with Gasteiger partial charge in [-0.05, 0) is 37.3 Å². The van der Waals surface area contributed by atoms with E-state index in [9.17, 15) is 8.42 Å². The second-order valence-electron chi connectivity index (χ2n) is 7.08. The van der Waals surface area contributed by atoms with Crippen molar-refractivity contribution in [2.45, 2.75) is 18.4 Å². The minimum Gasteiger partial charge on any atom is -0.493 e. The molecule has 0 N–H and O–H groups in total. The predicted molar refractivity (Wildman–Crippen MR) is 116 cm³/mol. The van der Waals surface area contributed by atoms with E-state index in [1.165, 1.54) is 10.4 Å². The topological polar surface area (TPSA) is 88.8 Å². The third-order valence-electron chi connectivity index (χ3n) is 5.02. The Morgan fingerprint density at radius 1 is 1.10 bits per heavy atom. The van der Waals surface area contributed by atoms with Crippen LogP contribution in [-0.4, -0.2) is 60.5 Å². The SMILES string of the molecule is CCOc1ccccc1-c1noc(CN2CCN(S(=O)(=O)c3cccc(Cl)c3)CC2)n1. The quantitative estimate of drug-likeness (QED) is 0.532.